The Morgan fingerprint density at radius 3 is 2.94 bits per heavy atom. The second-order valence-electron chi connectivity index (χ2n) is 4.41. The van der Waals surface area contributed by atoms with E-state index >= 15 is 0 Å². The normalized spacial score (nSPS) is 19.4. The van der Waals surface area contributed by atoms with Gasteiger partial charge in [0.05, 0.1) is 18.4 Å². The zero-order valence-corrected chi connectivity index (χ0v) is 10.1. The van der Waals surface area contributed by atoms with Gasteiger partial charge in [-0.3, -0.25) is 9.59 Å². The molecule has 1 aliphatic rings. The van der Waals surface area contributed by atoms with Crippen molar-refractivity contribution in [2.45, 2.75) is 18.9 Å². The Morgan fingerprint density at radius 1 is 1.56 bits per heavy atom. The summed E-state index contributed by atoms with van der Waals surface area (Å²) >= 11 is 0. The number of primary amides is 1. The number of amides is 2. The zero-order chi connectivity index (χ0) is 13.0. The van der Waals surface area contributed by atoms with Crippen molar-refractivity contribution in [2.24, 2.45) is 5.73 Å². The van der Waals surface area contributed by atoms with Crippen LogP contribution in [0.15, 0.2) is 23.0 Å². The minimum Gasteiger partial charge on any atom is -0.472 e. The molecule has 2 rings (SSSR count). The molecule has 0 radical (unpaired) electrons. The Morgan fingerprint density at radius 2 is 2.39 bits per heavy atom. The molecule has 6 nitrogen and oxygen atoms in total. The van der Waals surface area contributed by atoms with Crippen molar-refractivity contribution in [3.8, 4) is 0 Å². The number of furan rings is 1. The number of carbonyl (C=O) groups excluding carboxylic acids is 2. The summed E-state index contributed by atoms with van der Waals surface area (Å²) in [6, 6.07) is 1.60. The Balaban J connectivity index is 2.13. The number of nitrogens with two attached hydrogens (primary N) is 1. The van der Waals surface area contributed by atoms with E-state index in [2.05, 4.69) is 5.32 Å². The lowest BCUT2D eigenvalue weighted by Crippen LogP contribution is -2.51. The van der Waals surface area contributed by atoms with Crippen LogP contribution in [-0.2, 0) is 4.79 Å². The molecule has 3 N–H and O–H groups in total. The smallest absolute Gasteiger partial charge is 0.257 e. The lowest BCUT2D eigenvalue weighted by Gasteiger charge is -2.33. The predicted molar refractivity (Wildman–Crippen MR) is 64.8 cm³/mol. The van der Waals surface area contributed by atoms with Gasteiger partial charge in [-0.05, 0) is 25.5 Å². The van der Waals surface area contributed by atoms with E-state index in [-0.39, 0.29) is 18.5 Å². The fourth-order valence-electron chi connectivity index (χ4n) is 2.19. The topological polar surface area (TPSA) is 88.6 Å². The number of nitrogens with one attached hydrogen (secondary N) is 1. The van der Waals surface area contributed by atoms with Gasteiger partial charge in [-0.25, -0.2) is 0 Å². The Kier molecular flexibility index (Phi) is 3.99. The third-order valence-electron chi connectivity index (χ3n) is 3.07. The first kappa shape index (κ1) is 12.6. The van der Waals surface area contributed by atoms with Gasteiger partial charge < -0.3 is 20.4 Å². The van der Waals surface area contributed by atoms with Crippen LogP contribution in [0.4, 0.5) is 0 Å². The van der Waals surface area contributed by atoms with E-state index < -0.39 is 5.91 Å². The van der Waals surface area contributed by atoms with Crippen LogP contribution in [-0.4, -0.2) is 42.4 Å². The van der Waals surface area contributed by atoms with Crippen molar-refractivity contribution >= 4 is 11.8 Å². The molecule has 1 atom stereocenters. The van der Waals surface area contributed by atoms with Gasteiger partial charge in [-0.2, -0.15) is 0 Å². The molecule has 1 aromatic heterocycles. The number of piperidine rings is 1. The highest BCUT2D eigenvalue weighted by atomic mass is 16.3. The van der Waals surface area contributed by atoms with Gasteiger partial charge in [0, 0.05) is 12.6 Å². The van der Waals surface area contributed by atoms with Gasteiger partial charge in [-0.15, -0.1) is 0 Å². The highest BCUT2D eigenvalue weighted by molar-refractivity contribution is 5.96. The first-order chi connectivity index (χ1) is 8.68. The molecule has 1 aromatic rings. The maximum absolute atomic E-state index is 12.3. The first-order valence-electron chi connectivity index (χ1n) is 6.00. The Labute approximate surface area is 105 Å². The second-order valence-corrected chi connectivity index (χ2v) is 4.41. The van der Waals surface area contributed by atoms with Gasteiger partial charge in [0.15, 0.2) is 0 Å². The highest BCUT2D eigenvalue weighted by Gasteiger charge is 2.27. The van der Waals surface area contributed by atoms with Crippen molar-refractivity contribution in [3.05, 3.63) is 24.2 Å². The second kappa shape index (κ2) is 5.68. The number of nitrogens with zero attached hydrogens (tertiary/aromatic N) is 1. The maximum Gasteiger partial charge on any atom is 0.257 e. The predicted octanol–water partition coefficient (Wildman–Crippen LogP) is -0.0409. The first-order valence-corrected chi connectivity index (χ1v) is 6.00. The largest absolute Gasteiger partial charge is 0.472 e. The summed E-state index contributed by atoms with van der Waals surface area (Å²) in [4.78, 5) is 24.9. The van der Waals surface area contributed by atoms with Crippen LogP contribution in [0.3, 0.4) is 0 Å². The monoisotopic (exact) mass is 251 g/mol. The minimum atomic E-state index is -0.502. The quantitative estimate of drug-likeness (QED) is 0.785. The molecule has 98 valence electrons. The van der Waals surface area contributed by atoms with Gasteiger partial charge in [0.1, 0.15) is 6.26 Å². The number of hydrogen-bond acceptors (Lipinski definition) is 4. The fraction of sp³-hybridized carbons (Fsp3) is 0.500. The summed E-state index contributed by atoms with van der Waals surface area (Å²) < 4.78 is 4.90. The number of carbonyl (C=O) groups is 2. The highest BCUT2D eigenvalue weighted by Crippen LogP contribution is 2.14. The third-order valence-corrected chi connectivity index (χ3v) is 3.07. The summed E-state index contributed by atoms with van der Waals surface area (Å²) in [5.74, 6) is -0.714. The SMILES string of the molecule is NC(=O)CN(C(=O)c1ccoc1)C1CCCNC1. The average molecular weight is 251 g/mol. The third kappa shape index (κ3) is 2.89. The summed E-state index contributed by atoms with van der Waals surface area (Å²) in [7, 11) is 0. The van der Waals surface area contributed by atoms with E-state index in [0.29, 0.717) is 12.1 Å². The van der Waals surface area contributed by atoms with Crippen LogP contribution in [0.2, 0.25) is 0 Å². The molecule has 0 spiro atoms. The Bertz CT molecular complexity index is 410. The van der Waals surface area contributed by atoms with E-state index in [1.54, 1.807) is 6.07 Å². The van der Waals surface area contributed by atoms with Crippen LogP contribution < -0.4 is 11.1 Å². The molecule has 0 aromatic carbocycles. The fourth-order valence-corrected chi connectivity index (χ4v) is 2.19. The van der Waals surface area contributed by atoms with Crippen LogP contribution in [0, 0.1) is 0 Å². The van der Waals surface area contributed by atoms with E-state index in [0.717, 1.165) is 19.4 Å². The molecular formula is C12H17N3O3. The molecular weight excluding hydrogens is 234 g/mol. The summed E-state index contributed by atoms with van der Waals surface area (Å²) in [5, 5.41) is 3.22. The molecule has 2 heterocycles. The molecule has 0 bridgehead atoms. The average Bonchev–Trinajstić information content (AvgIpc) is 2.90. The van der Waals surface area contributed by atoms with Crippen molar-refractivity contribution in [1.29, 1.82) is 0 Å². The van der Waals surface area contributed by atoms with Crippen molar-refractivity contribution in [1.82, 2.24) is 10.2 Å². The van der Waals surface area contributed by atoms with E-state index in [1.165, 1.54) is 17.4 Å². The molecule has 0 aliphatic carbocycles. The molecule has 6 heteroatoms. The van der Waals surface area contributed by atoms with Crippen LogP contribution in [0.25, 0.3) is 0 Å². The zero-order valence-electron chi connectivity index (χ0n) is 10.1. The van der Waals surface area contributed by atoms with E-state index in [1.807, 2.05) is 0 Å². The minimum absolute atomic E-state index is 0.00801. The van der Waals surface area contributed by atoms with Crippen LogP contribution >= 0.6 is 0 Å². The van der Waals surface area contributed by atoms with E-state index in [4.69, 9.17) is 10.2 Å². The molecule has 18 heavy (non-hydrogen) atoms. The summed E-state index contributed by atoms with van der Waals surface area (Å²) in [5.41, 5.74) is 5.66. The molecule has 1 fully saturated rings. The van der Waals surface area contributed by atoms with Gasteiger partial charge in [-0.1, -0.05) is 0 Å². The van der Waals surface area contributed by atoms with Gasteiger partial charge in [0.2, 0.25) is 5.91 Å². The van der Waals surface area contributed by atoms with Crippen molar-refractivity contribution in [2.75, 3.05) is 19.6 Å². The molecule has 2 amide bonds. The van der Waals surface area contributed by atoms with Crippen LogP contribution in [0.1, 0.15) is 23.2 Å². The Hall–Kier alpha value is -1.82. The summed E-state index contributed by atoms with van der Waals surface area (Å²) in [6.07, 6.45) is 4.68. The van der Waals surface area contributed by atoms with Crippen molar-refractivity contribution in [3.63, 3.8) is 0 Å². The lowest BCUT2D eigenvalue weighted by molar-refractivity contribution is -0.119. The van der Waals surface area contributed by atoms with Gasteiger partial charge in [0.25, 0.3) is 5.91 Å². The number of hydrogen-bond donors (Lipinski definition) is 2. The van der Waals surface area contributed by atoms with Crippen molar-refractivity contribution < 1.29 is 14.0 Å². The maximum atomic E-state index is 12.3. The molecule has 1 unspecified atom stereocenters. The van der Waals surface area contributed by atoms with Gasteiger partial charge >= 0.3 is 0 Å². The van der Waals surface area contributed by atoms with E-state index in [9.17, 15) is 9.59 Å². The standard InChI is InChI=1S/C12H17N3O3/c13-11(16)7-15(10-2-1-4-14-6-10)12(17)9-3-5-18-8-9/h3,5,8,10,14H,1-2,4,6-7H2,(H2,13,16). The van der Waals surface area contributed by atoms with Crippen LogP contribution in [0.5, 0.6) is 0 Å². The lowest BCUT2D eigenvalue weighted by atomic mass is 10.0. The summed E-state index contributed by atoms with van der Waals surface area (Å²) in [6.45, 7) is 1.58. The molecule has 1 saturated heterocycles. The molecule has 0 saturated carbocycles. The molecule has 1 aliphatic heterocycles. The number of rotatable bonds is 4.